The Hall–Kier alpha value is -0.160. The minimum Gasteiger partial charge on any atom is -0.315 e. The van der Waals surface area contributed by atoms with E-state index in [9.17, 15) is 0 Å². The smallest absolute Gasteiger partial charge is 0.0320 e. The monoisotopic (exact) mass is 254 g/mol. The molecule has 2 aliphatic rings. The van der Waals surface area contributed by atoms with Crippen LogP contribution in [0.4, 0.5) is 0 Å². The molecular formula is C14H30N4. The first-order valence-electron chi connectivity index (χ1n) is 7.55. The van der Waals surface area contributed by atoms with Gasteiger partial charge in [0.15, 0.2) is 0 Å². The van der Waals surface area contributed by atoms with Crippen LogP contribution in [0.25, 0.3) is 0 Å². The predicted octanol–water partition coefficient (Wildman–Crippen LogP) is 0.212. The normalized spacial score (nSPS) is 31.7. The maximum atomic E-state index is 3.63. The molecule has 0 aromatic heterocycles. The number of nitrogens with one attached hydrogen (secondary N) is 2. The highest BCUT2D eigenvalue weighted by molar-refractivity contribution is 4.79. The van der Waals surface area contributed by atoms with Gasteiger partial charge in [0.2, 0.25) is 0 Å². The molecule has 4 nitrogen and oxygen atoms in total. The SMILES string of the molecule is CN1CCCC(CCNCC2CN(C)CCN2)C1. The molecule has 2 saturated heterocycles. The van der Waals surface area contributed by atoms with Gasteiger partial charge >= 0.3 is 0 Å². The van der Waals surface area contributed by atoms with Crippen LogP contribution < -0.4 is 10.6 Å². The van der Waals surface area contributed by atoms with E-state index in [0.717, 1.165) is 19.0 Å². The third-order valence-corrected chi connectivity index (χ3v) is 4.30. The van der Waals surface area contributed by atoms with Crippen LogP contribution in [0.1, 0.15) is 19.3 Å². The van der Waals surface area contributed by atoms with Crippen molar-refractivity contribution >= 4 is 0 Å². The van der Waals surface area contributed by atoms with Gasteiger partial charge in [-0.15, -0.1) is 0 Å². The number of nitrogens with zero attached hydrogens (tertiary/aromatic N) is 2. The molecule has 0 bridgehead atoms. The number of piperidine rings is 1. The summed E-state index contributed by atoms with van der Waals surface area (Å²) in [5.74, 6) is 0.915. The van der Waals surface area contributed by atoms with Crippen LogP contribution in [-0.4, -0.2) is 75.8 Å². The van der Waals surface area contributed by atoms with Gasteiger partial charge in [-0.05, 0) is 52.4 Å². The van der Waals surface area contributed by atoms with Gasteiger partial charge in [-0.3, -0.25) is 0 Å². The average Bonchev–Trinajstić information content (AvgIpc) is 2.35. The van der Waals surface area contributed by atoms with Crippen molar-refractivity contribution in [2.75, 3.05) is 59.9 Å². The average molecular weight is 254 g/mol. The molecule has 2 unspecified atom stereocenters. The van der Waals surface area contributed by atoms with E-state index in [1.165, 1.54) is 52.0 Å². The summed E-state index contributed by atoms with van der Waals surface area (Å²) in [5.41, 5.74) is 0. The first kappa shape index (κ1) is 14.3. The Kier molecular flexibility index (Phi) is 5.89. The van der Waals surface area contributed by atoms with Crippen molar-refractivity contribution in [3.05, 3.63) is 0 Å². The largest absolute Gasteiger partial charge is 0.315 e. The Morgan fingerprint density at radius 3 is 2.78 bits per heavy atom. The molecule has 2 N–H and O–H groups in total. The number of piperazine rings is 1. The second-order valence-corrected chi connectivity index (χ2v) is 6.18. The summed E-state index contributed by atoms with van der Waals surface area (Å²) in [6, 6.07) is 0.637. The fourth-order valence-corrected chi connectivity index (χ4v) is 3.22. The second-order valence-electron chi connectivity index (χ2n) is 6.18. The summed E-state index contributed by atoms with van der Waals surface area (Å²) >= 11 is 0. The minimum atomic E-state index is 0.637. The van der Waals surface area contributed by atoms with Gasteiger partial charge in [0.1, 0.15) is 0 Å². The first-order valence-corrected chi connectivity index (χ1v) is 7.55. The third-order valence-electron chi connectivity index (χ3n) is 4.30. The summed E-state index contributed by atoms with van der Waals surface area (Å²) in [6.45, 7) is 8.39. The molecule has 4 heteroatoms. The van der Waals surface area contributed by atoms with Gasteiger partial charge < -0.3 is 20.4 Å². The van der Waals surface area contributed by atoms with Crippen LogP contribution in [0.3, 0.4) is 0 Å². The molecule has 2 heterocycles. The predicted molar refractivity (Wildman–Crippen MR) is 77.0 cm³/mol. The van der Waals surface area contributed by atoms with Crippen molar-refractivity contribution in [1.29, 1.82) is 0 Å². The molecule has 2 aliphatic heterocycles. The van der Waals surface area contributed by atoms with Gasteiger partial charge in [0.05, 0.1) is 0 Å². The maximum Gasteiger partial charge on any atom is 0.0320 e. The van der Waals surface area contributed by atoms with Gasteiger partial charge in [-0.25, -0.2) is 0 Å². The van der Waals surface area contributed by atoms with Crippen molar-refractivity contribution in [1.82, 2.24) is 20.4 Å². The zero-order valence-corrected chi connectivity index (χ0v) is 12.1. The van der Waals surface area contributed by atoms with Gasteiger partial charge in [-0.2, -0.15) is 0 Å². The van der Waals surface area contributed by atoms with Crippen LogP contribution in [-0.2, 0) is 0 Å². The van der Waals surface area contributed by atoms with Crippen molar-refractivity contribution in [2.45, 2.75) is 25.3 Å². The molecule has 0 saturated carbocycles. The molecule has 0 aliphatic carbocycles. The topological polar surface area (TPSA) is 30.5 Å². The molecule has 0 aromatic rings. The number of hydrogen-bond acceptors (Lipinski definition) is 4. The van der Waals surface area contributed by atoms with E-state index in [1.807, 2.05) is 0 Å². The van der Waals surface area contributed by atoms with Crippen LogP contribution in [0.2, 0.25) is 0 Å². The summed E-state index contributed by atoms with van der Waals surface area (Å²) in [6.07, 6.45) is 4.15. The van der Waals surface area contributed by atoms with Crippen molar-refractivity contribution in [3.8, 4) is 0 Å². The van der Waals surface area contributed by atoms with E-state index in [4.69, 9.17) is 0 Å². The Labute approximate surface area is 112 Å². The molecule has 0 radical (unpaired) electrons. The van der Waals surface area contributed by atoms with Crippen LogP contribution in [0.5, 0.6) is 0 Å². The van der Waals surface area contributed by atoms with Crippen molar-refractivity contribution in [2.24, 2.45) is 5.92 Å². The molecule has 0 spiro atoms. The lowest BCUT2D eigenvalue weighted by Gasteiger charge is -2.32. The van der Waals surface area contributed by atoms with Gasteiger partial charge in [0.25, 0.3) is 0 Å². The number of likely N-dealkylation sites (N-methyl/N-ethyl adjacent to an activating group) is 1. The second kappa shape index (κ2) is 7.43. The molecule has 106 valence electrons. The Morgan fingerprint density at radius 1 is 1.17 bits per heavy atom. The third kappa shape index (κ3) is 4.84. The highest BCUT2D eigenvalue weighted by Gasteiger charge is 2.18. The molecule has 2 rings (SSSR count). The van der Waals surface area contributed by atoms with Crippen molar-refractivity contribution < 1.29 is 0 Å². The van der Waals surface area contributed by atoms with Crippen LogP contribution in [0, 0.1) is 5.92 Å². The molecular weight excluding hydrogens is 224 g/mol. The van der Waals surface area contributed by atoms with Gasteiger partial charge in [0, 0.05) is 38.8 Å². The Balaban J connectivity index is 1.52. The highest BCUT2D eigenvalue weighted by Crippen LogP contribution is 2.17. The lowest BCUT2D eigenvalue weighted by Crippen LogP contribution is -2.53. The van der Waals surface area contributed by atoms with Crippen LogP contribution >= 0.6 is 0 Å². The molecule has 18 heavy (non-hydrogen) atoms. The summed E-state index contributed by atoms with van der Waals surface area (Å²) < 4.78 is 0. The van der Waals surface area contributed by atoms with E-state index < -0.39 is 0 Å². The zero-order valence-electron chi connectivity index (χ0n) is 12.1. The van der Waals surface area contributed by atoms with E-state index in [1.54, 1.807) is 0 Å². The fourth-order valence-electron chi connectivity index (χ4n) is 3.22. The highest BCUT2D eigenvalue weighted by atomic mass is 15.2. The number of hydrogen-bond donors (Lipinski definition) is 2. The van der Waals surface area contributed by atoms with E-state index in [2.05, 4.69) is 34.5 Å². The lowest BCUT2D eigenvalue weighted by molar-refractivity contribution is 0.199. The maximum absolute atomic E-state index is 3.63. The summed E-state index contributed by atoms with van der Waals surface area (Å²) in [7, 11) is 4.47. The summed E-state index contributed by atoms with van der Waals surface area (Å²) in [5, 5.41) is 7.21. The summed E-state index contributed by atoms with van der Waals surface area (Å²) in [4.78, 5) is 4.89. The fraction of sp³-hybridized carbons (Fsp3) is 1.00. The molecule has 0 aromatic carbocycles. The Bertz CT molecular complexity index is 210. The number of likely N-dealkylation sites (tertiary alicyclic amines) is 1. The van der Waals surface area contributed by atoms with Gasteiger partial charge in [-0.1, -0.05) is 0 Å². The number of rotatable bonds is 5. The molecule has 2 fully saturated rings. The van der Waals surface area contributed by atoms with Crippen molar-refractivity contribution in [3.63, 3.8) is 0 Å². The van der Waals surface area contributed by atoms with Crippen LogP contribution in [0.15, 0.2) is 0 Å². The Morgan fingerprint density at radius 2 is 2.00 bits per heavy atom. The molecule has 2 atom stereocenters. The minimum absolute atomic E-state index is 0.637. The first-order chi connectivity index (χ1) is 8.74. The van der Waals surface area contributed by atoms with E-state index in [0.29, 0.717) is 6.04 Å². The quantitative estimate of drug-likeness (QED) is 0.687. The zero-order chi connectivity index (χ0) is 12.8. The van der Waals surface area contributed by atoms with E-state index >= 15 is 0 Å². The van der Waals surface area contributed by atoms with E-state index in [-0.39, 0.29) is 0 Å². The molecule has 0 amide bonds. The lowest BCUT2D eigenvalue weighted by atomic mass is 9.95. The standard InChI is InChI=1S/C14H30N4/c1-17-8-3-4-13(11-17)5-6-15-10-14-12-18(2)9-7-16-14/h13-16H,3-12H2,1-2H3.